The van der Waals surface area contributed by atoms with Gasteiger partial charge in [0.25, 0.3) is 0 Å². The predicted octanol–water partition coefficient (Wildman–Crippen LogP) is 0.557. The van der Waals surface area contributed by atoms with Gasteiger partial charge in [0, 0.05) is 0 Å². The van der Waals surface area contributed by atoms with E-state index >= 15 is 0 Å². The summed E-state index contributed by atoms with van der Waals surface area (Å²) in [6, 6.07) is 25.0. The summed E-state index contributed by atoms with van der Waals surface area (Å²) in [6.45, 7) is -0.838. The number of ether oxygens (including phenoxy) is 6. The van der Waals surface area contributed by atoms with Crippen LogP contribution in [0.5, 0.6) is 0 Å². The Bertz CT molecular complexity index is 1390. The van der Waals surface area contributed by atoms with Crippen LogP contribution < -0.4 is 0 Å². The number of aliphatic hydroxyl groups is 5. The van der Waals surface area contributed by atoms with Gasteiger partial charge in [0.05, 0.1) is 30.9 Å². The summed E-state index contributed by atoms with van der Waals surface area (Å²) in [6.07, 6.45) is -16.0. The molecule has 13 nitrogen and oxygen atoms in total. The van der Waals surface area contributed by atoms with E-state index < -0.39 is 80.0 Å². The first-order valence-corrected chi connectivity index (χ1v) is 14.7. The Morgan fingerprint density at radius 1 is 0.630 bits per heavy atom. The number of hydrogen-bond donors (Lipinski definition) is 5. The lowest BCUT2D eigenvalue weighted by Gasteiger charge is -2.46. The van der Waals surface area contributed by atoms with E-state index in [-0.39, 0.29) is 24.3 Å². The first kappa shape index (κ1) is 33.6. The highest BCUT2D eigenvalue weighted by Gasteiger charge is 2.54. The van der Waals surface area contributed by atoms with Crippen molar-refractivity contribution in [1.82, 2.24) is 0 Å². The molecule has 13 heteroatoms. The van der Waals surface area contributed by atoms with Crippen molar-refractivity contribution in [1.29, 1.82) is 0 Å². The third kappa shape index (κ3) is 7.96. The minimum Gasteiger partial charge on any atom is -0.452 e. The molecule has 2 heterocycles. The molecule has 0 radical (unpaired) electrons. The molecule has 2 saturated heterocycles. The van der Waals surface area contributed by atoms with Crippen molar-refractivity contribution < 1.29 is 63.5 Å². The van der Waals surface area contributed by atoms with Gasteiger partial charge in [-0.1, -0.05) is 66.7 Å². The summed E-state index contributed by atoms with van der Waals surface area (Å²) in [5, 5.41) is 52.3. The first-order valence-electron chi connectivity index (χ1n) is 14.7. The maximum atomic E-state index is 13.4. The largest absolute Gasteiger partial charge is 0.452 e. The van der Waals surface area contributed by atoms with Gasteiger partial charge in [-0.3, -0.25) is 0 Å². The van der Waals surface area contributed by atoms with Gasteiger partial charge in [-0.2, -0.15) is 0 Å². The minimum atomic E-state index is -1.83. The number of esters is 2. The molecule has 5 N–H and O–H groups in total. The van der Waals surface area contributed by atoms with Crippen LogP contribution in [0.15, 0.2) is 91.0 Å². The molecule has 2 aliphatic rings. The minimum absolute atomic E-state index is 0.129. The topological polar surface area (TPSA) is 191 Å². The Hall–Kier alpha value is -3.76. The summed E-state index contributed by atoms with van der Waals surface area (Å²) in [5.74, 6) is -1.72. The Labute approximate surface area is 264 Å². The van der Waals surface area contributed by atoms with E-state index in [1.54, 1.807) is 36.4 Å². The van der Waals surface area contributed by atoms with E-state index in [1.165, 1.54) is 24.3 Å². The lowest BCUT2D eigenvalue weighted by atomic mass is 9.96. The van der Waals surface area contributed by atoms with Gasteiger partial charge < -0.3 is 54.0 Å². The summed E-state index contributed by atoms with van der Waals surface area (Å²) in [5.41, 5.74) is 1.11. The van der Waals surface area contributed by atoms with Crippen molar-refractivity contribution >= 4 is 11.9 Å². The van der Waals surface area contributed by atoms with Crippen molar-refractivity contribution in [3.05, 3.63) is 108 Å². The normalized spacial score (nSPS) is 31.2. The quantitative estimate of drug-likeness (QED) is 0.183. The van der Waals surface area contributed by atoms with Crippen molar-refractivity contribution in [2.45, 2.75) is 68.0 Å². The van der Waals surface area contributed by atoms with Crippen LogP contribution in [0.2, 0.25) is 0 Å². The van der Waals surface area contributed by atoms with Gasteiger partial charge >= 0.3 is 11.9 Å². The molecular formula is C33H36O13. The van der Waals surface area contributed by atoms with Crippen molar-refractivity contribution in [2.75, 3.05) is 13.2 Å². The van der Waals surface area contributed by atoms with E-state index in [0.29, 0.717) is 0 Å². The second-order valence-electron chi connectivity index (χ2n) is 10.8. The molecule has 2 fully saturated rings. The van der Waals surface area contributed by atoms with Crippen molar-refractivity contribution in [3.8, 4) is 0 Å². The van der Waals surface area contributed by atoms with Gasteiger partial charge in [0.15, 0.2) is 24.8 Å². The molecule has 46 heavy (non-hydrogen) atoms. The van der Waals surface area contributed by atoms with Gasteiger partial charge in [0.1, 0.15) is 36.6 Å². The number of aliphatic hydroxyl groups excluding tert-OH is 5. The summed E-state index contributed by atoms with van der Waals surface area (Å²) >= 11 is 0. The lowest BCUT2D eigenvalue weighted by molar-refractivity contribution is -0.355. The number of benzene rings is 3. The number of rotatable bonds is 11. The Kier molecular flexibility index (Phi) is 11.5. The molecule has 2 aliphatic heterocycles. The molecule has 0 bridgehead atoms. The summed E-state index contributed by atoms with van der Waals surface area (Å²) < 4.78 is 34.8. The van der Waals surface area contributed by atoms with E-state index in [2.05, 4.69) is 0 Å². The van der Waals surface area contributed by atoms with Crippen LogP contribution in [-0.4, -0.2) is 112 Å². The van der Waals surface area contributed by atoms with Crippen LogP contribution in [0.1, 0.15) is 26.3 Å². The second kappa shape index (κ2) is 15.7. The number of carbonyl (C=O) groups excluding carboxylic acids is 2. The van der Waals surface area contributed by atoms with Crippen LogP contribution >= 0.6 is 0 Å². The van der Waals surface area contributed by atoms with Crippen LogP contribution in [0.4, 0.5) is 0 Å². The Morgan fingerprint density at radius 2 is 1.17 bits per heavy atom. The highest BCUT2D eigenvalue weighted by atomic mass is 16.7. The third-order valence-electron chi connectivity index (χ3n) is 7.65. The SMILES string of the molecule is O=C(O[C@@H]1[C@@H](OC(=O)c2ccccc2)[C@H](O)O[C@H](COCc2ccccc2)[C@@H]1O[C@H]1O[C@H](CO)[C@H](O)[C@H](O)[C@H]1O)c1ccccc1. The maximum Gasteiger partial charge on any atom is 0.338 e. The molecule has 3 aromatic rings. The van der Waals surface area contributed by atoms with Gasteiger partial charge in [-0.25, -0.2) is 9.59 Å². The maximum absolute atomic E-state index is 13.4. The zero-order chi connectivity index (χ0) is 32.6. The van der Waals surface area contributed by atoms with E-state index in [4.69, 9.17) is 28.4 Å². The molecule has 0 spiro atoms. The number of hydrogen-bond acceptors (Lipinski definition) is 13. The Balaban J connectivity index is 1.47. The number of carbonyl (C=O) groups is 2. The van der Waals surface area contributed by atoms with Crippen molar-refractivity contribution in [3.63, 3.8) is 0 Å². The van der Waals surface area contributed by atoms with E-state index in [0.717, 1.165) is 5.56 Å². The molecule has 5 rings (SSSR count). The highest BCUT2D eigenvalue weighted by Crippen LogP contribution is 2.32. The van der Waals surface area contributed by atoms with Gasteiger partial charge in [0.2, 0.25) is 0 Å². The molecule has 0 unspecified atom stereocenters. The molecular weight excluding hydrogens is 604 g/mol. The molecule has 0 aromatic heterocycles. The molecule has 246 valence electrons. The molecule has 10 atom stereocenters. The van der Waals surface area contributed by atoms with Gasteiger partial charge in [-0.05, 0) is 29.8 Å². The second-order valence-corrected chi connectivity index (χ2v) is 10.8. The summed E-state index contributed by atoms with van der Waals surface area (Å²) in [4.78, 5) is 26.5. The van der Waals surface area contributed by atoms with Crippen molar-refractivity contribution in [2.24, 2.45) is 0 Å². The standard InChI is InChI=1S/C33H36O13/c34-16-22-24(35)25(36)26(37)33(43-22)46-27-23(18-41-17-19-10-4-1-5-11-19)42-32(40)29(45-31(39)21-14-8-3-9-15-21)28(27)44-30(38)20-12-6-2-7-13-20/h1-15,22-29,32-37,40H,16-18H2/t22-,23-,24+,25+,26-,27+,28+,29-,32-,33-/m1/s1. The summed E-state index contributed by atoms with van der Waals surface area (Å²) in [7, 11) is 0. The average Bonchev–Trinajstić information content (AvgIpc) is 3.08. The first-order chi connectivity index (χ1) is 22.3. The molecule has 0 amide bonds. The fourth-order valence-corrected chi connectivity index (χ4v) is 5.19. The van der Waals surface area contributed by atoms with E-state index in [1.807, 2.05) is 30.3 Å². The molecule has 0 saturated carbocycles. The lowest BCUT2D eigenvalue weighted by Crippen LogP contribution is -2.65. The zero-order valence-corrected chi connectivity index (χ0v) is 24.6. The average molecular weight is 641 g/mol. The van der Waals surface area contributed by atoms with Crippen LogP contribution in [0.3, 0.4) is 0 Å². The fourth-order valence-electron chi connectivity index (χ4n) is 5.19. The fraction of sp³-hybridized carbons (Fsp3) is 0.394. The van der Waals surface area contributed by atoms with Crippen LogP contribution in [0.25, 0.3) is 0 Å². The Morgan fingerprint density at radius 3 is 1.74 bits per heavy atom. The monoisotopic (exact) mass is 640 g/mol. The zero-order valence-electron chi connectivity index (χ0n) is 24.6. The molecule has 3 aromatic carbocycles. The molecule has 0 aliphatic carbocycles. The smallest absolute Gasteiger partial charge is 0.338 e. The van der Waals surface area contributed by atoms with Crippen LogP contribution in [-0.2, 0) is 35.0 Å². The third-order valence-corrected chi connectivity index (χ3v) is 7.65. The van der Waals surface area contributed by atoms with E-state index in [9.17, 15) is 35.1 Å². The highest BCUT2D eigenvalue weighted by molar-refractivity contribution is 5.90. The van der Waals surface area contributed by atoms with Crippen LogP contribution in [0, 0.1) is 0 Å². The predicted molar refractivity (Wildman–Crippen MR) is 157 cm³/mol. The van der Waals surface area contributed by atoms with Gasteiger partial charge in [-0.15, -0.1) is 0 Å².